The van der Waals surface area contributed by atoms with Gasteiger partial charge in [-0.25, -0.2) is 4.98 Å². The molecule has 0 aliphatic carbocycles. The molecule has 0 aliphatic rings. The van der Waals surface area contributed by atoms with Gasteiger partial charge in [-0.05, 0) is 133 Å². The summed E-state index contributed by atoms with van der Waals surface area (Å²) >= 11 is 0. The van der Waals surface area contributed by atoms with Gasteiger partial charge in [0.05, 0.1) is 45.2 Å². The molecule has 10 aromatic rings. The molecule has 2 aromatic heterocycles. The van der Waals surface area contributed by atoms with Crippen LogP contribution in [0.2, 0.25) is 0 Å². The smallest absolute Gasteiger partial charge is 0.148 e. The molecule has 0 aliphatic heterocycles. The van der Waals surface area contributed by atoms with E-state index in [0.717, 1.165) is 94.9 Å². The van der Waals surface area contributed by atoms with Crippen LogP contribution in [0.4, 0.5) is 0 Å². The van der Waals surface area contributed by atoms with Gasteiger partial charge in [0.1, 0.15) is 11.6 Å². The van der Waals surface area contributed by atoms with E-state index in [2.05, 4.69) is 272 Å². The molecule has 0 spiro atoms. The van der Waals surface area contributed by atoms with Gasteiger partial charge in [0.15, 0.2) is 0 Å². The molecule has 0 saturated carbocycles. The molecule has 0 saturated heterocycles. The molecule has 0 unspecified atom stereocenters. The molecule has 8 aromatic carbocycles. The normalized spacial score (nSPS) is 12.4. The number of nitrogens with zero attached hydrogens (tertiary/aromatic N) is 5. The van der Waals surface area contributed by atoms with Gasteiger partial charge in [-0.3, -0.25) is 9.55 Å². The standard InChI is InChI=1S/C73H76N5O.Pt/c1-44(2)55-38-49(46-25-19-17-20-26-46)39-56(45(3)4)66(55)78-63-33-31-48(43-74)64(65(63)76-69(78)58-41-54(72(11,12)13)42-59(67(58)79)73(14,15)16)50-35-51(37-53(36-50)71(8,9)10)68-75-60-29-23-24-30-62(60)77(68)61-34-32-52(70(5,6)7)40-57(61)47-27-21-18-22-28-47;/h17-34,36-42,44-45,79H,1-16H3;/q-1;. The van der Waals surface area contributed by atoms with E-state index in [1.165, 1.54) is 5.56 Å². The van der Waals surface area contributed by atoms with Crippen LogP contribution in [0, 0.1) is 17.4 Å². The van der Waals surface area contributed by atoms with Crippen LogP contribution in [0.5, 0.6) is 5.75 Å². The number of phenols is 1. The van der Waals surface area contributed by atoms with Crippen LogP contribution in [0.25, 0.3) is 89.6 Å². The first-order chi connectivity index (χ1) is 37.2. The average Bonchev–Trinajstić information content (AvgIpc) is 4.21. The summed E-state index contributed by atoms with van der Waals surface area (Å²) in [6.07, 6.45) is 0. The average molecular weight is 1230 g/mol. The van der Waals surface area contributed by atoms with E-state index in [4.69, 9.17) is 9.97 Å². The van der Waals surface area contributed by atoms with E-state index in [1.807, 2.05) is 12.1 Å². The Labute approximate surface area is 489 Å². The fraction of sp³-hybridized carbons (Fsp3) is 0.301. The number of fused-ring (bicyclic) bond motifs is 2. The molecule has 6 nitrogen and oxygen atoms in total. The maximum atomic E-state index is 12.9. The van der Waals surface area contributed by atoms with E-state index < -0.39 is 5.41 Å². The Morgan fingerprint density at radius 1 is 0.500 bits per heavy atom. The number of para-hydroxylation sites is 2. The number of imidazole rings is 2. The van der Waals surface area contributed by atoms with Crippen LogP contribution in [-0.4, -0.2) is 24.2 Å². The first kappa shape index (κ1) is 57.4. The van der Waals surface area contributed by atoms with Crippen LogP contribution in [0.1, 0.15) is 162 Å². The second-order valence-electron chi connectivity index (χ2n) is 26.4. The summed E-state index contributed by atoms with van der Waals surface area (Å²) in [5.74, 6) is 1.75. The molecular weight excluding hydrogens is 1160 g/mol. The van der Waals surface area contributed by atoms with Gasteiger partial charge >= 0.3 is 0 Å². The van der Waals surface area contributed by atoms with Gasteiger partial charge < -0.3 is 9.67 Å². The Balaban J connectivity index is 0.00000774. The minimum atomic E-state index is -0.397. The summed E-state index contributed by atoms with van der Waals surface area (Å²) < 4.78 is 4.59. The number of aromatic nitrogens is 4. The molecule has 2 heterocycles. The number of aromatic hydroxyl groups is 1. The summed E-state index contributed by atoms with van der Waals surface area (Å²) in [4.78, 5) is 11.3. The third kappa shape index (κ3) is 10.6. The second kappa shape index (κ2) is 21.3. The fourth-order valence-corrected chi connectivity index (χ4v) is 11.1. The molecule has 0 fully saturated rings. The summed E-state index contributed by atoms with van der Waals surface area (Å²) in [5.41, 5.74) is 18.7. The molecule has 1 N–H and O–H groups in total. The van der Waals surface area contributed by atoms with Gasteiger partial charge in [-0.15, -0.1) is 29.3 Å². The molecule has 0 atom stereocenters. The number of hydrogen-bond acceptors (Lipinski definition) is 4. The van der Waals surface area contributed by atoms with E-state index in [1.54, 1.807) is 0 Å². The molecule has 0 amide bonds. The van der Waals surface area contributed by atoms with Crippen LogP contribution >= 0.6 is 0 Å². The van der Waals surface area contributed by atoms with Crippen molar-refractivity contribution in [3.05, 3.63) is 197 Å². The molecule has 10 rings (SSSR count). The van der Waals surface area contributed by atoms with E-state index in [-0.39, 0.29) is 54.9 Å². The zero-order chi connectivity index (χ0) is 56.7. The number of hydrogen-bond donors (Lipinski definition) is 1. The Morgan fingerprint density at radius 2 is 1.05 bits per heavy atom. The zero-order valence-corrected chi connectivity index (χ0v) is 51.9. The van der Waals surface area contributed by atoms with Crippen molar-refractivity contribution in [3.8, 4) is 79.3 Å². The van der Waals surface area contributed by atoms with Crippen molar-refractivity contribution in [2.75, 3.05) is 0 Å². The first-order valence-electron chi connectivity index (χ1n) is 28.1. The third-order valence-electron chi connectivity index (χ3n) is 15.7. The van der Waals surface area contributed by atoms with Crippen LogP contribution < -0.4 is 0 Å². The van der Waals surface area contributed by atoms with Gasteiger partial charge in [-0.1, -0.05) is 201 Å². The second-order valence-corrected chi connectivity index (χ2v) is 26.4. The summed E-state index contributed by atoms with van der Waals surface area (Å²) in [7, 11) is 0. The third-order valence-corrected chi connectivity index (χ3v) is 15.7. The largest absolute Gasteiger partial charge is 0.507 e. The Bertz CT molecular complexity index is 3980. The summed E-state index contributed by atoms with van der Waals surface area (Å²) in [6.45, 7) is 35.6. The topological polar surface area (TPSA) is 79.7 Å². The van der Waals surface area contributed by atoms with Crippen molar-refractivity contribution in [1.29, 1.82) is 5.26 Å². The van der Waals surface area contributed by atoms with Crippen LogP contribution in [0.3, 0.4) is 0 Å². The summed E-state index contributed by atoms with van der Waals surface area (Å²) in [6, 6.07) is 60.4. The molecule has 410 valence electrons. The molecule has 7 heteroatoms. The quantitative estimate of drug-likeness (QED) is 0.146. The number of phenolic OH excluding ortho intramolecular Hbond substituents is 1. The van der Waals surface area contributed by atoms with Crippen LogP contribution in [-0.2, 0) is 42.7 Å². The van der Waals surface area contributed by atoms with Crippen molar-refractivity contribution in [3.63, 3.8) is 0 Å². The minimum absolute atomic E-state index is 0. The van der Waals surface area contributed by atoms with Gasteiger partial charge in [0.2, 0.25) is 0 Å². The number of rotatable bonds is 9. The van der Waals surface area contributed by atoms with Crippen molar-refractivity contribution in [2.45, 2.75) is 144 Å². The first-order valence-corrected chi connectivity index (χ1v) is 28.1. The van der Waals surface area contributed by atoms with Crippen LogP contribution in [0.15, 0.2) is 152 Å². The molecule has 0 radical (unpaired) electrons. The molecule has 0 bridgehead atoms. The van der Waals surface area contributed by atoms with Crippen molar-refractivity contribution in [2.24, 2.45) is 0 Å². The van der Waals surface area contributed by atoms with Gasteiger partial charge in [0.25, 0.3) is 0 Å². The zero-order valence-electron chi connectivity index (χ0n) is 49.6. The SMILES string of the molecule is CC(C)c1cc(-c2ccccc2)cc(C(C)C)c1-n1c(-c2cc(C(C)(C)C)cc(C(C)(C)C)c2O)nc2c(-c3[c-]c(-c4nc5ccccc5n4-c4ccc(C(C)(C)C)cc4-c4ccccc4)cc(C(C)(C)C)c3)c(C#N)ccc21.[Pt]. The fourth-order valence-electron chi connectivity index (χ4n) is 11.1. The monoisotopic (exact) mass is 1230 g/mol. The van der Waals surface area contributed by atoms with E-state index in [0.29, 0.717) is 28.0 Å². The maximum absolute atomic E-state index is 12.9. The summed E-state index contributed by atoms with van der Waals surface area (Å²) in [5, 5.41) is 24.3. The Morgan fingerprint density at radius 3 is 1.62 bits per heavy atom. The predicted molar refractivity (Wildman–Crippen MR) is 331 cm³/mol. The maximum Gasteiger partial charge on any atom is 0.148 e. The van der Waals surface area contributed by atoms with Crippen molar-refractivity contribution < 1.29 is 26.2 Å². The van der Waals surface area contributed by atoms with Gasteiger partial charge in [0, 0.05) is 43.4 Å². The molecular formula is C73H76N5OPt-. The van der Waals surface area contributed by atoms with E-state index >= 15 is 0 Å². The van der Waals surface area contributed by atoms with Crippen molar-refractivity contribution in [1.82, 2.24) is 19.1 Å². The van der Waals surface area contributed by atoms with Gasteiger partial charge in [-0.2, -0.15) is 5.26 Å². The Hall–Kier alpha value is -7.32. The predicted octanol–water partition coefficient (Wildman–Crippen LogP) is 19.5. The van der Waals surface area contributed by atoms with Crippen molar-refractivity contribution >= 4 is 22.1 Å². The number of nitriles is 1. The minimum Gasteiger partial charge on any atom is -0.507 e. The molecule has 80 heavy (non-hydrogen) atoms. The number of benzene rings is 8. The Kier molecular flexibility index (Phi) is 15.3. The van der Waals surface area contributed by atoms with E-state index in [9.17, 15) is 10.4 Å².